The zero-order valence-corrected chi connectivity index (χ0v) is 7.18. The Morgan fingerprint density at radius 3 is 2.85 bits per heavy atom. The molecule has 0 aliphatic heterocycles. The molecule has 66 valence electrons. The van der Waals surface area contributed by atoms with E-state index in [-0.39, 0.29) is 0 Å². The molecule has 0 fully saturated rings. The Morgan fingerprint density at radius 2 is 2.31 bits per heavy atom. The van der Waals surface area contributed by atoms with Gasteiger partial charge in [0.2, 0.25) is 5.95 Å². The molecule has 0 atom stereocenters. The molecular weight excluding hydrogens is 166 g/mol. The van der Waals surface area contributed by atoms with Gasteiger partial charge < -0.3 is 5.73 Å². The first kappa shape index (κ1) is 7.72. The Hall–Kier alpha value is -1.91. The van der Waals surface area contributed by atoms with Crippen molar-refractivity contribution in [2.75, 3.05) is 5.73 Å². The summed E-state index contributed by atoms with van der Waals surface area (Å²) in [6.45, 7) is 1.79. The van der Waals surface area contributed by atoms with Crippen molar-refractivity contribution in [2.45, 2.75) is 6.92 Å². The summed E-state index contributed by atoms with van der Waals surface area (Å²) < 4.78 is 1.56. The molecule has 0 saturated heterocycles. The van der Waals surface area contributed by atoms with E-state index in [2.05, 4.69) is 15.1 Å². The highest BCUT2D eigenvalue weighted by atomic mass is 15.4. The van der Waals surface area contributed by atoms with E-state index < -0.39 is 0 Å². The maximum Gasteiger partial charge on any atom is 0.223 e. The van der Waals surface area contributed by atoms with Gasteiger partial charge in [0.1, 0.15) is 5.82 Å². The van der Waals surface area contributed by atoms with Crippen molar-refractivity contribution in [3.05, 3.63) is 30.4 Å². The topological polar surface area (TPSA) is 69.6 Å². The van der Waals surface area contributed by atoms with Crippen molar-refractivity contribution < 1.29 is 0 Å². The lowest BCUT2D eigenvalue weighted by atomic mass is 10.4. The summed E-state index contributed by atoms with van der Waals surface area (Å²) in [5.41, 5.74) is 6.45. The standard InChI is InChI=1S/C8H9N5/c1-6-11-8(9)13(12-6)7-3-2-4-10-5-7/h2-5H,1H3,(H2,9,11,12). The molecule has 0 spiro atoms. The third kappa shape index (κ3) is 1.35. The van der Waals surface area contributed by atoms with Gasteiger partial charge in [-0.3, -0.25) is 4.98 Å². The molecule has 0 amide bonds. The van der Waals surface area contributed by atoms with Crippen LogP contribution >= 0.6 is 0 Å². The molecule has 0 aromatic carbocycles. The van der Waals surface area contributed by atoms with Crippen LogP contribution in [0.5, 0.6) is 0 Å². The summed E-state index contributed by atoms with van der Waals surface area (Å²) in [6, 6.07) is 3.70. The largest absolute Gasteiger partial charge is 0.368 e. The van der Waals surface area contributed by atoms with Gasteiger partial charge in [0.25, 0.3) is 0 Å². The van der Waals surface area contributed by atoms with Crippen LogP contribution in [-0.4, -0.2) is 19.7 Å². The van der Waals surface area contributed by atoms with E-state index in [1.807, 2.05) is 12.1 Å². The maximum atomic E-state index is 5.63. The van der Waals surface area contributed by atoms with Crippen LogP contribution in [-0.2, 0) is 0 Å². The fourth-order valence-corrected chi connectivity index (χ4v) is 1.10. The van der Waals surface area contributed by atoms with Crippen LogP contribution in [0.1, 0.15) is 5.82 Å². The van der Waals surface area contributed by atoms with Gasteiger partial charge in [-0.15, -0.1) is 5.10 Å². The maximum absolute atomic E-state index is 5.63. The summed E-state index contributed by atoms with van der Waals surface area (Å²) in [4.78, 5) is 7.96. The van der Waals surface area contributed by atoms with Crippen LogP contribution in [0, 0.1) is 6.92 Å². The number of hydrogen-bond donors (Lipinski definition) is 1. The smallest absolute Gasteiger partial charge is 0.223 e. The van der Waals surface area contributed by atoms with Gasteiger partial charge in [0.15, 0.2) is 0 Å². The molecule has 13 heavy (non-hydrogen) atoms. The van der Waals surface area contributed by atoms with Gasteiger partial charge in [0.05, 0.1) is 11.9 Å². The summed E-state index contributed by atoms with van der Waals surface area (Å²) in [5.74, 6) is 1.03. The molecule has 2 aromatic rings. The number of nitrogens with zero attached hydrogens (tertiary/aromatic N) is 4. The van der Waals surface area contributed by atoms with E-state index in [9.17, 15) is 0 Å². The fraction of sp³-hybridized carbons (Fsp3) is 0.125. The van der Waals surface area contributed by atoms with E-state index in [0.717, 1.165) is 5.69 Å². The molecule has 2 aromatic heterocycles. The summed E-state index contributed by atoms with van der Waals surface area (Å²) >= 11 is 0. The lowest BCUT2D eigenvalue weighted by molar-refractivity contribution is 0.866. The third-order valence-electron chi connectivity index (χ3n) is 1.63. The van der Waals surface area contributed by atoms with Crippen molar-refractivity contribution in [3.63, 3.8) is 0 Å². The predicted molar refractivity (Wildman–Crippen MR) is 48.3 cm³/mol. The van der Waals surface area contributed by atoms with Gasteiger partial charge >= 0.3 is 0 Å². The second-order valence-electron chi connectivity index (χ2n) is 2.64. The van der Waals surface area contributed by atoms with Gasteiger partial charge in [-0.05, 0) is 19.1 Å². The minimum atomic E-state index is 0.380. The molecule has 5 heteroatoms. The zero-order chi connectivity index (χ0) is 9.26. The van der Waals surface area contributed by atoms with Crippen molar-refractivity contribution in [1.82, 2.24) is 19.7 Å². The van der Waals surface area contributed by atoms with Gasteiger partial charge in [-0.1, -0.05) is 0 Å². The number of hydrogen-bond acceptors (Lipinski definition) is 4. The van der Waals surface area contributed by atoms with E-state index in [0.29, 0.717) is 11.8 Å². The summed E-state index contributed by atoms with van der Waals surface area (Å²) in [6.07, 6.45) is 3.38. The van der Waals surface area contributed by atoms with Gasteiger partial charge in [0, 0.05) is 6.20 Å². The van der Waals surface area contributed by atoms with Crippen LogP contribution in [0.3, 0.4) is 0 Å². The van der Waals surface area contributed by atoms with Crippen molar-refractivity contribution in [3.8, 4) is 5.69 Å². The van der Waals surface area contributed by atoms with Crippen LogP contribution in [0.2, 0.25) is 0 Å². The van der Waals surface area contributed by atoms with Crippen LogP contribution in [0.25, 0.3) is 5.69 Å². The molecule has 0 saturated carbocycles. The highest BCUT2D eigenvalue weighted by molar-refractivity contribution is 5.34. The van der Waals surface area contributed by atoms with Crippen LogP contribution in [0.15, 0.2) is 24.5 Å². The normalized spacial score (nSPS) is 10.2. The fourth-order valence-electron chi connectivity index (χ4n) is 1.10. The molecule has 2 heterocycles. The number of aryl methyl sites for hydroxylation is 1. The quantitative estimate of drug-likeness (QED) is 0.687. The second-order valence-corrected chi connectivity index (χ2v) is 2.64. The summed E-state index contributed by atoms with van der Waals surface area (Å²) in [7, 11) is 0. The van der Waals surface area contributed by atoms with E-state index in [4.69, 9.17) is 5.73 Å². The monoisotopic (exact) mass is 175 g/mol. The first-order chi connectivity index (χ1) is 6.27. The SMILES string of the molecule is Cc1nc(N)n(-c2cccnc2)n1. The predicted octanol–water partition coefficient (Wildman–Crippen LogP) is 0.553. The Morgan fingerprint density at radius 1 is 1.46 bits per heavy atom. The molecule has 2 rings (SSSR count). The Kier molecular flexibility index (Phi) is 1.70. The highest BCUT2D eigenvalue weighted by Gasteiger charge is 2.04. The summed E-state index contributed by atoms with van der Waals surface area (Å²) in [5, 5.41) is 4.12. The van der Waals surface area contributed by atoms with Crippen molar-refractivity contribution >= 4 is 5.95 Å². The first-order valence-corrected chi connectivity index (χ1v) is 3.87. The number of nitrogens with two attached hydrogens (primary N) is 1. The molecule has 0 aliphatic carbocycles. The van der Waals surface area contributed by atoms with Gasteiger partial charge in [-0.25, -0.2) is 0 Å². The molecule has 0 unspecified atom stereocenters. The third-order valence-corrected chi connectivity index (χ3v) is 1.63. The lowest BCUT2D eigenvalue weighted by Gasteiger charge is -1.99. The average molecular weight is 175 g/mol. The number of aromatic nitrogens is 4. The molecule has 0 radical (unpaired) electrons. The minimum absolute atomic E-state index is 0.380. The lowest BCUT2D eigenvalue weighted by Crippen LogP contribution is -2.02. The zero-order valence-electron chi connectivity index (χ0n) is 7.18. The first-order valence-electron chi connectivity index (χ1n) is 3.87. The van der Waals surface area contributed by atoms with Crippen molar-refractivity contribution in [1.29, 1.82) is 0 Å². The second kappa shape index (κ2) is 2.85. The van der Waals surface area contributed by atoms with Gasteiger partial charge in [-0.2, -0.15) is 9.67 Å². The Balaban J connectivity index is 2.53. The van der Waals surface area contributed by atoms with E-state index in [1.165, 1.54) is 0 Å². The Bertz CT molecular complexity index is 406. The van der Waals surface area contributed by atoms with E-state index >= 15 is 0 Å². The van der Waals surface area contributed by atoms with Crippen LogP contribution < -0.4 is 5.73 Å². The number of nitrogen functional groups attached to an aromatic ring is 1. The highest BCUT2D eigenvalue weighted by Crippen LogP contribution is 2.08. The average Bonchev–Trinajstić information content (AvgIpc) is 2.47. The molecule has 5 nitrogen and oxygen atoms in total. The van der Waals surface area contributed by atoms with Crippen LogP contribution in [0.4, 0.5) is 5.95 Å². The number of pyridine rings is 1. The van der Waals surface area contributed by atoms with Crippen molar-refractivity contribution in [2.24, 2.45) is 0 Å². The molecular formula is C8H9N5. The molecule has 0 aliphatic rings. The molecule has 0 bridgehead atoms. The van der Waals surface area contributed by atoms with E-state index in [1.54, 1.807) is 24.0 Å². The minimum Gasteiger partial charge on any atom is -0.368 e. The number of rotatable bonds is 1. The molecule has 2 N–H and O–H groups in total. The Labute approximate surface area is 75.2 Å². The number of anilines is 1.